The first-order valence-electron chi connectivity index (χ1n) is 5.31. The minimum absolute atomic E-state index is 0.116. The summed E-state index contributed by atoms with van der Waals surface area (Å²) in [7, 11) is 1.85. The topological polar surface area (TPSA) is 32.3 Å². The van der Waals surface area contributed by atoms with Gasteiger partial charge >= 0.3 is 0 Å². The van der Waals surface area contributed by atoms with Crippen LogP contribution in [-0.2, 0) is 10.3 Å². The summed E-state index contributed by atoms with van der Waals surface area (Å²) in [5, 5.41) is 3.31. The molecule has 2 rings (SSSR count). The van der Waals surface area contributed by atoms with Crippen LogP contribution in [-0.4, -0.2) is 30.9 Å². The lowest BCUT2D eigenvalue weighted by atomic mass is 9.89. The van der Waals surface area contributed by atoms with Crippen molar-refractivity contribution < 1.29 is 4.79 Å². The molecule has 16 heavy (non-hydrogen) atoms. The van der Waals surface area contributed by atoms with E-state index in [1.165, 1.54) is 0 Å². The van der Waals surface area contributed by atoms with E-state index in [1.807, 2.05) is 38.2 Å². The van der Waals surface area contributed by atoms with Gasteiger partial charge < -0.3 is 4.90 Å². The van der Waals surface area contributed by atoms with E-state index in [-0.39, 0.29) is 5.91 Å². The van der Waals surface area contributed by atoms with Crippen LogP contribution in [0.15, 0.2) is 28.7 Å². The second kappa shape index (κ2) is 4.18. The molecule has 4 heteroatoms. The van der Waals surface area contributed by atoms with Crippen LogP contribution < -0.4 is 5.32 Å². The third-order valence-electron chi connectivity index (χ3n) is 3.11. The summed E-state index contributed by atoms with van der Waals surface area (Å²) in [5.74, 6) is 0.116. The van der Waals surface area contributed by atoms with Crippen molar-refractivity contribution in [2.75, 3.05) is 20.1 Å². The fraction of sp³-hybridized carbons (Fsp3) is 0.417. The van der Waals surface area contributed by atoms with Gasteiger partial charge in [0, 0.05) is 24.6 Å². The third kappa shape index (κ3) is 1.76. The van der Waals surface area contributed by atoms with E-state index in [1.54, 1.807) is 4.90 Å². The number of carbonyl (C=O) groups is 1. The molecule has 1 atom stereocenters. The Labute approximate surface area is 104 Å². The molecule has 0 spiro atoms. The lowest BCUT2D eigenvalue weighted by molar-refractivity contribution is -0.139. The summed E-state index contributed by atoms with van der Waals surface area (Å²) in [6.07, 6.45) is 0. The number of likely N-dealkylation sites (N-methyl/N-ethyl adjacent to an activating group) is 1. The van der Waals surface area contributed by atoms with E-state index in [9.17, 15) is 4.79 Å². The smallest absolute Gasteiger partial charge is 0.247 e. The maximum atomic E-state index is 12.2. The summed E-state index contributed by atoms with van der Waals surface area (Å²) in [5.41, 5.74) is 0.374. The third-order valence-corrected chi connectivity index (χ3v) is 3.80. The predicted octanol–water partition coefficient (Wildman–Crippen LogP) is 1.73. The van der Waals surface area contributed by atoms with Crippen molar-refractivity contribution in [3.8, 4) is 0 Å². The van der Waals surface area contributed by atoms with E-state index in [0.29, 0.717) is 0 Å². The number of nitrogens with one attached hydrogen (secondary N) is 1. The molecule has 1 aliphatic rings. The maximum absolute atomic E-state index is 12.2. The van der Waals surface area contributed by atoms with Crippen molar-refractivity contribution in [2.45, 2.75) is 12.5 Å². The van der Waals surface area contributed by atoms with E-state index in [0.717, 1.165) is 23.1 Å². The molecule has 1 unspecified atom stereocenters. The zero-order valence-electron chi connectivity index (χ0n) is 9.46. The summed E-state index contributed by atoms with van der Waals surface area (Å²) < 4.78 is 0.966. The monoisotopic (exact) mass is 282 g/mol. The number of amides is 1. The zero-order valence-corrected chi connectivity index (χ0v) is 11.0. The van der Waals surface area contributed by atoms with Gasteiger partial charge in [-0.1, -0.05) is 34.1 Å². The Morgan fingerprint density at radius 3 is 2.81 bits per heavy atom. The van der Waals surface area contributed by atoms with Crippen LogP contribution in [0.2, 0.25) is 0 Å². The van der Waals surface area contributed by atoms with E-state index >= 15 is 0 Å². The van der Waals surface area contributed by atoms with Crippen molar-refractivity contribution >= 4 is 21.8 Å². The second-order valence-electron chi connectivity index (χ2n) is 4.26. The molecule has 0 aromatic heterocycles. The average Bonchev–Trinajstić information content (AvgIpc) is 2.26. The first-order valence-corrected chi connectivity index (χ1v) is 6.10. The number of carbonyl (C=O) groups excluding carboxylic acids is 1. The van der Waals surface area contributed by atoms with E-state index in [4.69, 9.17) is 0 Å². The molecule has 1 aromatic rings. The van der Waals surface area contributed by atoms with Crippen molar-refractivity contribution in [3.05, 3.63) is 34.3 Å². The Morgan fingerprint density at radius 1 is 1.44 bits per heavy atom. The van der Waals surface area contributed by atoms with Gasteiger partial charge in [-0.25, -0.2) is 0 Å². The largest absolute Gasteiger partial charge is 0.343 e. The number of piperazine rings is 1. The molecular formula is C12H15BrN2O. The highest BCUT2D eigenvalue weighted by Crippen LogP contribution is 2.30. The predicted molar refractivity (Wildman–Crippen MR) is 67.1 cm³/mol. The number of halogens is 1. The highest BCUT2D eigenvalue weighted by molar-refractivity contribution is 9.10. The lowest BCUT2D eigenvalue weighted by Gasteiger charge is -2.39. The molecule has 0 bridgehead atoms. The molecule has 0 radical (unpaired) electrons. The Kier molecular flexibility index (Phi) is 3.04. The van der Waals surface area contributed by atoms with Gasteiger partial charge in [-0.15, -0.1) is 0 Å². The summed E-state index contributed by atoms with van der Waals surface area (Å²) in [6.45, 7) is 3.52. The first kappa shape index (κ1) is 11.6. The van der Waals surface area contributed by atoms with Crippen LogP contribution in [0.3, 0.4) is 0 Å². The Morgan fingerprint density at radius 2 is 2.12 bits per heavy atom. The molecule has 0 saturated carbocycles. The van der Waals surface area contributed by atoms with Gasteiger partial charge in [0.2, 0.25) is 5.91 Å². The van der Waals surface area contributed by atoms with Crippen LogP contribution in [0.5, 0.6) is 0 Å². The van der Waals surface area contributed by atoms with Gasteiger partial charge in [-0.05, 0) is 18.6 Å². The fourth-order valence-corrected chi connectivity index (χ4v) is 2.79. The van der Waals surface area contributed by atoms with Crippen LogP contribution in [0.25, 0.3) is 0 Å². The Bertz CT molecular complexity index is 421. The number of hydrogen-bond acceptors (Lipinski definition) is 2. The highest BCUT2D eigenvalue weighted by Gasteiger charge is 2.40. The number of rotatable bonds is 1. The molecule has 3 nitrogen and oxygen atoms in total. The van der Waals surface area contributed by atoms with Crippen molar-refractivity contribution in [1.29, 1.82) is 0 Å². The first-order chi connectivity index (χ1) is 7.55. The fourth-order valence-electron chi connectivity index (χ4n) is 2.11. The molecule has 1 amide bonds. The summed E-state index contributed by atoms with van der Waals surface area (Å²) in [6, 6.07) is 7.85. The van der Waals surface area contributed by atoms with Crippen LogP contribution in [0.4, 0.5) is 0 Å². The molecular weight excluding hydrogens is 268 g/mol. The van der Waals surface area contributed by atoms with Gasteiger partial charge in [0.05, 0.1) is 0 Å². The molecule has 0 aliphatic carbocycles. The summed E-state index contributed by atoms with van der Waals surface area (Å²) >= 11 is 3.50. The van der Waals surface area contributed by atoms with Gasteiger partial charge in [0.25, 0.3) is 0 Å². The number of hydrogen-bond donors (Lipinski definition) is 1. The minimum atomic E-state index is -0.618. The summed E-state index contributed by atoms with van der Waals surface area (Å²) in [4.78, 5) is 14.0. The van der Waals surface area contributed by atoms with Crippen LogP contribution >= 0.6 is 15.9 Å². The Hall–Kier alpha value is -0.870. The van der Waals surface area contributed by atoms with Crippen LogP contribution in [0, 0.1) is 0 Å². The quantitative estimate of drug-likeness (QED) is 0.851. The van der Waals surface area contributed by atoms with E-state index < -0.39 is 5.54 Å². The molecule has 1 aromatic carbocycles. The van der Waals surface area contributed by atoms with Gasteiger partial charge in [0.1, 0.15) is 5.54 Å². The van der Waals surface area contributed by atoms with E-state index in [2.05, 4.69) is 21.2 Å². The number of benzene rings is 1. The SMILES string of the molecule is CN1CCNC(C)(c2ccccc2Br)C1=O. The number of nitrogens with zero attached hydrogens (tertiary/aromatic N) is 1. The molecule has 1 saturated heterocycles. The average molecular weight is 283 g/mol. The normalized spacial score (nSPS) is 25.9. The van der Waals surface area contributed by atoms with Gasteiger partial charge in [0.15, 0.2) is 0 Å². The second-order valence-corrected chi connectivity index (χ2v) is 5.11. The van der Waals surface area contributed by atoms with Gasteiger partial charge in [-0.3, -0.25) is 10.1 Å². The Balaban J connectivity index is 2.45. The molecule has 1 fully saturated rings. The standard InChI is InChI=1S/C12H15BrN2O/c1-12(9-5-3-4-6-10(9)13)11(16)15(2)8-7-14-12/h3-6,14H,7-8H2,1-2H3. The lowest BCUT2D eigenvalue weighted by Crippen LogP contribution is -2.59. The van der Waals surface area contributed by atoms with Gasteiger partial charge in [-0.2, -0.15) is 0 Å². The highest BCUT2D eigenvalue weighted by atomic mass is 79.9. The van der Waals surface area contributed by atoms with Crippen molar-refractivity contribution in [1.82, 2.24) is 10.2 Å². The zero-order chi connectivity index (χ0) is 11.8. The van der Waals surface area contributed by atoms with Crippen molar-refractivity contribution in [3.63, 3.8) is 0 Å². The maximum Gasteiger partial charge on any atom is 0.247 e. The molecule has 86 valence electrons. The van der Waals surface area contributed by atoms with Crippen LogP contribution in [0.1, 0.15) is 12.5 Å². The molecule has 1 aliphatic heterocycles. The molecule has 1 heterocycles. The molecule has 1 N–H and O–H groups in total. The van der Waals surface area contributed by atoms with Crippen molar-refractivity contribution in [2.24, 2.45) is 0 Å². The minimum Gasteiger partial charge on any atom is -0.343 e.